The lowest BCUT2D eigenvalue weighted by Crippen LogP contribution is -1.97. The molecule has 0 N–H and O–H groups in total. The molecule has 41 heavy (non-hydrogen) atoms. The van der Waals surface area contributed by atoms with Gasteiger partial charge in [0.05, 0.1) is 26.6 Å². The van der Waals surface area contributed by atoms with Crippen molar-refractivity contribution in [3.8, 4) is 56.2 Å². The van der Waals surface area contributed by atoms with E-state index < -0.39 is 0 Å². The summed E-state index contributed by atoms with van der Waals surface area (Å²) in [6.45, 7) is 2.15. The van der Waals surface area contributed by atoms with Crippen molar-refractivity contribution in [3.63, 3.8) is 0 Å². The topological polar surface area (TPSA) is 38.7 Å². The smallest absolute Gasteiger partial charge is 0.161 e. The highest BCUT2D eigenvalue weighted by molar-refractivity contribution is 7.18. The molecule has 0 bridgehead atoms. The van der Waals surface area contributed by atoms with E-state index in [0.717, 1.165) is 56.2 Å². The molecule has 196 valence electrons. The van der Waals surface area contributed by atoms with Gasteiger partial charge in [0, 0.05) is 16.7 Å². The van der Waals surface area contributed by atoms with Crippen LogP contribution in [0.5, 0.6) is 0 Å². The van der Waals surface area contributed by atoms with E-state index in [0.29, 0.717) is 5.82 Å². The van der Waals surface area contributed by atoms with Crippen molar-refractivity contribution in [1.29, 1.82) is 0 Å². The maximum absolute atomic E-state index is 5.15. The van der Waals surface area contributed by atoms with Gasteiger partial charge in [0.2, 0.25) is 0 Å². The van der Waals surface area contributed by atoms with E-state index in [-0.39, 0.29) is 0 Å². The van der Waals surface area contributed by atoms with Gasteiger partial charge in [-0.3, -0.25) is 0 Å². The summed E-state index contributed by atoms with van der Waals surface area (Å²) in [6.07, 6.45) is 0.945. The Morgan fingerprint density at radius 1 is 0.488 bits per heavy atom. The molecule has 0 aliphatic rings. The minimum atomic E-state index is 0.711. The maximum atomic E-state index is 5.15. The highest BCUT2D eigenvalue weighted by atomic mass is 32.1. The van der Waals surface area contributed by atoms with Crippen LogP contribution in [-0.4, -0.2) is 15.0 Å². The average Bonchev–Trinajstić information content (AvgIpc) is 3.48. The van der Waals surface area contributed by atoms with Gasteiger partial charge in [0.25, 0.3) is 0 Å². The van der Waals surface area contributed by atoms with E-state index in [9.17, 15) is 0 Å². The van der Waals surface area contributed by atoms with Gasteiger partial charge in [-0.2, -0.15) is 0 Å². The van der Waals surface area contributed by atoms with Crippen LogP contribution in [0.15, 0.2) is 133 Å². The second kappa shape index (κ2) is 10.9. The van der Waals surface area contributed by atoms with Gasteiger partial charge in [0.15, 0.2) is 5.82 Å². The van der Waals surface area contributed by atoms with E-state index >= 15 is 0 Å². The van der Waals surface area contributed by atoms with Crippen molar-refractivity contribution in [3.05, 3.63) is 138 Å². The van der Waals surface area contributed by atoms with Crippen LogP contribution in [0.1, 0.15) is 11.9 Å². The average molecular weight is 546 g/mol. The van der Waals surface area contributed by atoms with Gasteiger partial charge in [-0.1, -0.05) is 122 Å². The van der Waals surface area contributed by atoms with Crippen LogP contribution in [0.4, 0.5) is 0 Å². The molecule has 0 aliphatic heterocycles. The van der Waals surface area contributed by atoms with Crippen molar-refractivity contribution in [1.82, 2.24) is 15.0 Å². The van der Waals surface area contributed by atoms with Crippen molar-refractivity contribution in [2.45, 2.75) is 13.3 Å². The third kappa shape index (κ3) is 5.06. The van der Waals surface area contributed by atoms with Gasteiger partial charge in [-0.15, -0.1) is 11.3 Å². The first-order chi connectivity index (χ1) is 20.2. The molecule has 0 unspecified atom stereocenters. The predicted octanol–water partition coefficient (Wildman–Crippen LogP) is 9.98. The van der Waals surface area contributed by atoms with Crippen molar-refractivity contribution >= 4 is 21.6 Å². The second-order valence-electron chi connectivity index (χ2n) is 9.96. The number of nitrogens with zero attached hydrogens (tertiary/aromatic N) is 3. The predicted molar refractivity (Wildman–Crippen MR) is 172 cm³/mol. The first-order valence-corrected chi connectivity index (χ1v) is 14.7. The van der Waals surface area contributed by atoms with Crippen LogP contribution < -0.4 is 0 Å². The fraction of sp³-hybridized carbons (Fsp3) is 0.0541. The Balaban J connectivity index is 1.36. The summed E-state index contributed by atoms with van der Waals surface area (Å²) in [5, 5.41) is 1.16. The van der Waals surface area contributed by atoms with E-state index in [1.54, 1.807) is 11.3 Å². The molecule has 2 aromatic heterocycles. The monoisotopic (exact) mass is 545 g/mol. The molecule has 4 heteroatoms. The van der Waals surface area contributed by atoms with Crippen LogP contribution in [0.25, 0.3) is 66.4 Å². The molecule has 0 amide bonds. The normalized spacial score (nSPS) is 11.1. The van der Waals surface area contributed by atoms with Crippen molar-refractivity contribution in [2.24, 2.45) is 0 Å². The summed E-state index contributed by atoms with van der Waals surface area (Å²) in [5.41, 5.74) is 10.6. The highest BCUT2D eigenvalue weighted by Gasteiger charge is 2.15. The summed E-state index contributed by atoms with van der Waals surface area (Å²) in [6, 6.07) is 46.4. The number of aryl methyl sites for hydroxylation is 1. The molecule has 0 aliphatic carbocycles. The Kier molecular flexibility index (Phi) is 6.67. The first kappa shape index (κ1) is 25.1. The van der Waals surface area contributed by atoms with Crippen LogP contribution in [-0.2, 0) is 6.42 Å². The van der Waals surface area contributed by atoms with Gasteiger partial charge in [0.1, 0.15) is 0 Å². The quantitative estimate of drug-likeness (QED) is 0.209. The summed E-state index contributed by atoms with van der Waals surface area (Å²) in [7, 11) is 0. The summed E-state index contributed by atoms with van der Waals surface area (Å²) < 4.78 is 1.20. The molecule has 2 heterocycles. The molecule has 3 nitrogen and oxygen atoms in total. The number of aromatic nitrogens is 3. The summed E-state index contributed by atoms with van der Waals surface area (Å²) in [5.74, 6) is 0.711. The van der Waals surface area contributed by atoms with E-state index in [1.807, 2.05) is 24.3 Å². The third-order valence-corrected chi connectivity index (χ3v) is 8.46. The molecular formula is C37H27N3S. The zero-order chi connectivity index (χ0) is 27.6. The van der Waals surface area contributed by atoms with Gasteiger partial charge in [-0.25, -0.2) is 15.0 Å². The number of rotatable bonds is 6. The van der Waals surface area contributed by atoms with Crippen LogP contribution in [0.2, 0.25) is 0 Å². The number of fused-ring (bicyclic) bond motifs is 1. The maximum Gasteiger partial charge on any atom is 0.161 e. The Hall–Kier alpha value is -4.93. The molecule has 5 aromatic carbocycles. The lowest BCUT2D eigenvalue weighted by molar-refractivity contribution is 1.11. The Bertz CT molecular complexity index is 1960. The van der Waals surface area contributed by atoms with Crippen LogP contribution in [0.3, 0.4) is 0 Å². The summed E-state index contributed by atoms with van der Waals surface area (Å²) in [4.78, 5) is 15.0. The molecule has 0 atom stereocenters. The number of hydrogen-bond acceptors (Lipinski definition) is 4. The molecule has 0 saturated heterocycles. The van der Waals surface area contributed by atoms with Crippen LogP contribution >= 0.6 is 11.3 Å². The van der Waals surface area contributed by atoms with Gasteiger partial charge < -0.3 is 0 Å². The fourth-order valence-electron chi connectivity index (χ4n) is 5.16. The number of hydrogen-bond donors (Lipinski definition) is 0. The Morgan fingerprint density at radius 3 is 1.71 bits per heavy atom. The standard InChI is InChI=1S/C37H27N3S/c1-2-36-38-32-22-21-29(23-35(32)41-36)30-15-9-10-16-31(30)37-39-33(27-13-7-4-8-14-27)24-34(40-37)28-19-17-26(18-20-28)25-11-5-3-6-12-25/h3-24H,2H2,1H3. The van der Waals surface area contributed by atoms with Crippen molar-refractivity contribution < 1.29 is 0 Å². The van der Waals surface area contributed by atoms with E-state index in [4.69, 9.17) is 15.0 Å². The fourth-order valence-corrected chi connectivity index (χ4v) is 6.10. The van der Waals surface area contributed by atoms with Crippen molar-refractivity contribution in [2.75, 3.05) is 0 Å². The molecule has 0 fully saturated rings. The van der Waals surface area contributed by atoms with Crippen LogP contribution in [0, 0.1) is 0 Å². The van der Waals surface area contributed by atoms with Gasteiger partial charge in [-0.05, 0) is 46.9 Å². The third-order valence-electron chi connectivity index (χ3n) is 7.30. The second-order valence-corrected chi connectivity index (χ2v) is 11.1. The molecule has 0 spiro atoms. The zero-order valence-electron chi connectivity index (χ0n) is 22.7. The van der Waals surface area contributed by atoms with E-state index in [2.05, 4.69) is 116 Å². The summed E-state index contributed by atoms with van der Waals surface area (Å²) >= 11 is 1.76. The number of benzene rings is 5. The van der Waals surface area contributed by atoms with E-state index in [1.165, 1.54) is 15.8 Å². The lowest BCUT2D eigenvalue weighted by atomic mass is 9.98. The zero-order valence-corrected chi connectivity index (χ0v) is 23.5. The minimum Gasteiger partial charge on any atom is -0.241 e. The lowest BCUT2D eigenvalue weighted by Gasteiger charge is -2.13. The minimum absolute atomic E-state index is 0.711. The molecule has 7 aromatic rings. The molecule has 0 radical (unpaired) electrons. The molecular weight excluding hydrogens is 518 g/mol. The Labute approximate surface area is 243 Å². The molecule has 7 rings (SSSR count). The number of thiazole rings is 1. The first-order valence-electron chi connectivity index (χ1n) is 13.8. The Morgan fingerprint density at radius 2 is 1.02 bits per heavy atom. The largest absolute Gasteiger partial charge is 0.241 e. The SMILES string of the molecule is CCc1nc2ccc(-c3ccccc3-c3nc(-c4ccccc4)cc(-c4ccc(-c5ccccc5)cc4)n3)cc2s1. The van der Waals surface area contributed by atoms with Gasteiger partial charge >= 0.3 is 0 Å². The molecule has 0 saturated carbocycles. The highest BCUT2D eigenvalue weighted by Crippen LogP contribution is 2.36.